The number of para-hydroxylation sites is 1. The molecule has 1 aliphatic rings. The van der Waals surface area contributed by atoms with Gasteiger partial charge in [0.05, 0.1) is 5.92 Å². The highest BCUT2D eigenvalue weighted by Crippen LogP contribution is 2.38. The molecule has 2 heterocycles. The highest BCUT2D eigenvalue weighted by atomic mass is 35.7. The van der Waals surface area contributed by atoms with E-state index in [1.54, 1.807) is 4.57 Å². The number of hydrogen-bond acceptors (Lipinski definition) is 5. The molecule has 3 rings (SSSR count). The summed E-state index contributed by atoms with van der Waals surface area (Å²) in [5.74, 6) is 1.19. The average Bonchev–Trinajstić information content (AvgIpc) is 3.01. The first-order valence-corrected chi connectivity index (χ1v) is 8.81. The first-order chi connectivity index (χ1) is 9.89. The lowest BCUT2D eigenvalue weighted by Gasteiger charge is -2.15. The summed E-state index contributed by atoms with van der Waals surface area (Å²) in [4.78, 5) is 0. The van der Waals surface area contributed by atoms with Crippen LogP contribution in [0.25, 0.3) is 0 Å². The summed E-state index contributed by atoms with van der Waals surface area (Å²) in [7, 11) is 1.50. The molecule has 1 aromatic carbocycles. The fourth-order valence-corrected chi connectivity index (χ4v) is 3.55. The van der Waals surface area contributed by atoms with Gasteiger partial charge in [0.1, 0.15) is 18.2 Å². The Morgan fingerprint density at radius 1 is 1.33 bits per heavy atom. The number of rotatable bonds is 3. The molecule has 0 saturated heterocycles. The molecule has 2 aromatic rings. The van der Waals surface area contributed by atoms with Gasteiger partial charge in [-0.25, -0.2) is 8.42 Å². The monoisotopic (exact) mass is 327 g/mol. The van der Waals surface area contributed by atoms with E-state index >= 15 is 0 Å². The van der Waals surface area contributed by atoms with Gasteiger partial charge < -0.3 is 4.74 Å². The molecule has 1 atom stereocenters. The largest absolute Gasteiger partial charge is 0.492 e. The molecule has 0 N–H and O–H groups in total. The van der Waals surface area contributed by atoms with E-state index in [-0.39, 0.29) is 17.1 Å². The molecule has 6 nitrogen and oxygen atoms in total. The van der Waals surface area contributed by atoms with Crippen LogP contribution in [0, 0.1) is 0 Å². The van der Waals surface area contributed by atoms with Crippen LogP contribution in [0.4, 0.5) is 0 Å². The Morgan fingerprint density at radius 2 is 2.05 bits per heavy atom. The maximum atomic E-state index is 11.6. The minimum Gasteiger partial charge on any atom is -0.492 e. The van der Waals surface area contributed by atoms with Gasteiger partial charge in [0.15, 0.2) is 0 Å². The van der Waals surface area contributed by atoms with Crippen molar-refractivity contribution in [2.75, 3.05) is 6.61 Å². The molecule has 0 bridgehead atoms. The lowest BCUT2D eigenvalue weighted by Crippen LogP contribution is -2.16. The summed E-state index contributed by atoms with van der Waals surface area (Å²) in [6.07, 6.45) is 0. The van der Waals surface area contributed by atoms with E-state index in [9.17, 15) is 8.42 Å². The van der Waals surface area contributed by atoms with E-state index in [2.05, 4.69) is 10.2 Å². The molecule has 0 spiro atoms. The zero-order valence-corrected chi connectivity index (χ0v) is 13.1. The third kappa shape index (κ3) is 2.40. The van der Waals surface area contributed by atoms with Crippen LogP contribution in [0.5, 0.6) is 5.75 Å². The van der Waals surface area contributed by atoms with Crippen molar-refractivity contribution in [3.05, 3.63) is 35.7 Å². The van der Waals surface area contributed by atoms with E-state index in [0.717, 1.165) is 11.3 Å². The molecular formula is C13H14ClN3O3S. The van der Waals surface area contributed by atoms with Crippen LogP contribution in [-0.2, 0) is 9.05 Å². The van der Waals surface area contributed by atoms with Crippen LogP contribution >= 0.6 is 10.7 Å². The summed E-state index contributed by atoms with van der Waals surface area (Å²) in [5.41, 5.74) is 0.977. The van der Waals surface area contributed by atoms with Gasteiger partial charge in [0.25, 0.3) is 14.2 Å². The van der Waals surface area contributed by atoms with Crippen LogP contribution in [0.15, 0.2) is 29.4 Å². The number of fused-ring (bicyclic) bond motifs is 1. The van der Waals surface area contributed by atoms with Gasteiger partial charge in [-0.15, -0.1) is 10.2 Å². The molecule has 0 aliphatic carbocycles. The highest BCUT2D eigenvalue weighted by Gasteiger charge is 2.33. The van der Waals surface area contributed by atoms with E-state index in [4.69, 9.17) is 15.4 Å². The number of halogens is 1. The summed E-state index contributed by atoms with van der Waals surface area (Å²) < 4.78 is 30.5. The molecule has 1 aliphatic heterocycles. The van der Waals surface area contributed by atoms with Gasteiger partial charge in [0.2, 0.25) is 0 Å². The van der Waals surface area contributed by atoms with Crippen molar-refractivity contribution in [2.45, 2.75) is 31.0 Å². The normalized spacial score (nSPS) is 17.8. The Balaban J connectivity index is 2.15. The third-order valence-corrected chi connectivity index (χ3v) is 4.57. The van der Waals surface area contributed by atoms with E-state index < -0.39 is 9.05 Å². The topological polar surface area (TPSA) is 74.1 Å². The smallest absolute Gasteiger partial charge is 0.296 e. The molecule has 0 saturated carbocycles. The SMILES string of the molecule is CC(C)n1c(C2COc3ccccc32)nnc1S(=O)(=O)Cl. The van der Waals surface area contributed by atoms with E-state index in [0.29, 0.717) is 12.4 Å². The first kappa shape index (κ1) is 14.3. The number of aromatic nitrogens is 3. The minimum absolute atomic E-state index is 0.133. The summed E-state index contributed by atoms with van der Waals surface area (Å²) >= 11 is 0. The Bertz CT molecular complexity index is 786. The van der Waals surface area contributed by atoms with Gasteiger partial charge in [-0.3, -0.25) is 4.57 Å². The van der Waals surface area contributed by atoms with Crippen molar-refractivity contribution in [1.82, 2.24) is 14.8 Å². The van der Waals surface area contributed by atoms with Crippen LogP contribution in [0.3, 0.4) is 0 Å². The molecule has 0 fully saturated rings. The van der Waals surface area contributed by atoms with Gasteiger partial charge >= 0.3 is 0 Å². The zero-order chi connectivity index (χ0) is 15.2. The average molecular weight is 328 g/mol. The third-order valence-electron chi connectivity index (χ3n) is 3.44. The van der Waals surface area contributed by atoms with Crippen molar-refractivity contribution in [3.63, 3.8) is 0 Å². The van der Waals surface area contributed by atoms with Crippen LogP contribution in [0.2, 0.25) is 0 Å². The van der Waals surface area contributed by atoms with Gasteiger partial charge in [-0.2, -0.15) is 0 Å². The quantitative estimate of drug-likeness (QED) is 0.809. The molecule has 21 heavy (non-hydrogen) atoms. The summed E-state index contributed by atoms with van der Waals surface area (Å²) in [6, 6.07) is 7.50. The Labute approximate surface area is 127 Å². The van der Waals surface area contributed by atoms with Gasteiger partial charge in [-0.1, -0.05) is 18.2 Å². The van der Waals surface area contributed by atoms with Gasteiger partial charge in [0, 0.05) is 22.3 Å². The number of benzene rings is 1. The molecule has 0 radical (unpaired) electrons. The van der Waals surface area contributed by atoms with Crippen LogP contribution < -0.4 is 4.74 Å². The maximum absolute atomic E-state index is 11.6. The molecule has 112 valence electrons. The lowest BCUT2D eigenvalue weighted by molar-refractivity contribution is 0.334. The van der Waals surface area contributed by atoms with Crippen LogP contribution in [-0.4, -0.2) is 29.8 Å². The van der Waals surface area contributed by atoms with Crippen LogP contribution in [0.1, 0.15) is 37.2 Å². The minimum atomic E-state index is -3.94. The molecule has 0 amide bonds. The second-order valence-electron chi connectivity index (χ2n) is 5.14. The zero-order valence-electron chi connectivity index (χ0n) is 11.5. The van der Waals surface area contributed by atoms with Crippen molar-refractivity contribution in [3.8, 4) is 5.75 Å². The predicted molar refractivity (Wildman–Crippen MR) is 77.2 cm³/mol. The fraction of sp³-hybridized carbons (Fsp3) is 0.385. The fourth-order valence-electron chi connectivity index (χ4n) is 2.55. The van der Waals surface area contributed by atoms with Crippen molar-refractivity contribution >= 4 is 19.7 Å². The molecule has 1 unspecified atom stereocenters. The number of nitrogens with zero attached hydrogens (tertiary/aromatic N) is 3. The molecular weight excluding hydrogens is 314 g/mol. The van der Waals surface area contributed by atoms with E-state index in [1.807, 2.05) is 38.1 Å². The second-order valence-corrected chi connectivity index (χ2v) is 7.60. The van der Waals surface area contributed by atoms with Gasteiger partial charge in [-0.05, 0) is 19.9 Å². The van der Waals surface area contributed by atoms with Crippen molar-refractivity contribution < 1.29 is 13.2 Å². The van der Waals surface area contributed by atoms with Crippen molar-refractivity contribution in [2.24, 2.45) is 0 Å². The Hall–Kier alpha value is -1.60. The second kappa shape index (κ2) is 4.99. The number of ether oxygens (including phenoxy) is 1. The molecule has 8 heteroatoms. The molecule has 1 aromatic heterocycles. The number of hydrogen-bond donors (Lipinski definition) is 0. The first-order valence-electron chi connectivity index (χ1n) is 6.50. The predicted octanol–water partition coefficient (Wildman–Crippen LogP) is 2.31. The summed E-state index contributed by atoms with van der Waals surface area (Å²) in [6.45, 7) is 4.13. The standard InChI is InChI=1S/C13H14ClN3O3S/c1-8(2)17-12(15-16-13(17)21(14,18)19)10-7-20-11-6-4-3-5-9(10)11/h3-6,8,10H,7H2,1-2H3. The highest BCUT2D eigenvalue weighted by molar-refractivity contribution is 8.13. The lowest BCUT2D eigenvalue weighted by atomic mass is 10.0. The Morgan fingerprint density at radius 3 is 2.71 bits per heavy atom. The summed E-state index contributed by atoms with van der Waals surface area (Å²) in [5, 5.41) is 7.59. The van der Waals surface area contributed by atoms with Crippen molar-refractivity contribution in [1.29, 1.82) is 0 Å². The maximum Gasteiger partial charge on any atom is 0.296 e. The van der Waals surface area contributed by atoms with E-state index in [1.165, 1.54) is 0 Å². The Kier molecular flexibility index (Phi) is 3.41.